The van der Waals surface area contributed by atoms with Gasteiger partial charge in [0, 0.05) is 30.7 Å². The maximum atomic E-state index is 4.31. The molecule has 1 saturated heterocycles. The number of anilines is 1. The van der Waals surface area contributed by atoms with Gasteiger partial charge in [0.05, 0.1) is 0 Å². The van der Waals surface area contributed by atoms with Crippen molar-refractivity contribution in [3.8, 4) is 0 Å². The lowest BCUT2D eigenvalue weighted by atomic mass is 10.2. The number of thioether (sulfide) groups is 1. The van der Waals surface area contributed by atoms with Gasteiger partial charge in [-0.3, -0.25) is 0 Å². The van der Waals surface area contributed by atoms with Crippen molar-refractivity contribution in [3.63, 3.8) is 0 Å². The van der Waals surface area contributed by atoms with Gasteiger partial charge in [-0.15, -0.1) is 0 Å². The van der Waals surface area contributed by atoms with Crippen molar-refractivity contribution in [3.05, 3.63) is 12.4 Å². The molecule has 0 radical (unpaired) electrons. The fourth-order valence-electron chi connectivity index (χ4n) is 1.91. The number of nitrogens with one attached hydrogen (secondary N) is 1. The van der Waals surface area contributed by atoms with Crippen molar-refractivity contribution < 1.29 is 0 Å². The van der Waals surface area contributed by atoms with Crippen LogP contribution in [0.25, 0.3) is 0 Å². The van der Waals surface area contributed by atoms with Crippen LogP contribution in [0.2, 0.25) is 0 Å². The van der Waals surface area contributed by atoms with Crippen molar-refractivity contribution in [1.29, 1.82) is 0 Å². The second kappa shape index (κ2) is 5.45. The van der Waals surface area contributed by atoms with Gasteiger partial charge >= 0.3 is 0 Å². The molecule has 0 bridgehead atoms. The summed E-state index contributed by atoms with van der Waals surface area (Å²) in [6.07, 6.45) is 8.02. The van der Waals surface area contributed by atoms with E-state index in [1.54, 1.807) is 0 Å². The summed E-state index contributed by atoms with van der Waals surface area (Å²) in [6.45, 7) is 4.18. The zero-order chi connectivity index (χ0) is 10.5. The zero-order valence-electron chi connectivity index (χ0n) is 9.28. The van der Waals surface area contributed by atoms with Gasteiger partial charge in [0.15, 0.2) is 0 Å². The van der Waals surface area contributed by atoms with E-state index in [-0.39, 0.29) is 0 Å². The smallest absolute Gasteiger partial charge is 0.202 e. The molecule has 1 atom stereocenters. The average Bonchev–Trinajstić information content (AvgIpc) is 2.75. The summed E-state index contributed by atoms with van der Waals surface area (Å²) in [6, 6.07) is 0. The van der Waals surface area contributed by atoms with E-state index in [1.807, 2.05) is 12.4 Å². The van der Waals surface area contributed by atoms with Crippen molar-refractivity contribution in [2.45, 2.75) is 38.0 Å². The first kappa shape index (κ1) is 10.9. The largest absolute Gasteiger partial charge is 0.355 e. The van der Waals surface area contributed by atoms with Crippen LogP contribution in [0.4, 0.5) is 5.95 Å². The SMILES string of the molecule is CCn1ccnc1NCC1CCCCS1. The molecule has 0 amide bonds. The number of nitrogens with zero attached hydrogens (tertiary/aromatic N) is 2. The van der Waals surface area contributed by atoms with Crippen LogP contribution in [0.3, 0.4) is 0 Å². The van der Waals surface area contributed by atoms with E-state index in [2.05, 4.69) is 33.6 Å². The van der Waals surface area contributed by atoms with Crippen LogP contribution in [0.5, 0.6) is 0 Å². The third kappa shape index (κ3) is 2.91. The van der Waals surface area contributed by atoms with Crippen LogP contribution in [0.15, 0.2) is 12.4 Å². The monoisotopic (exact) mass is 225 g/mol. The molecule has 2 heterocycles. The molecular formula is C11H19N3S. The molecule has 3 nitrogen and oxygen atoms in total. The van der Waals surface area contributed by atoms with E-state index >= 15 is 0 Å². The highest BCUT2D eigenvalue weighted by Gasteiger charge is 2.14. The summed E-state index contributed by atoms with van der Waals surface area (Å²) >= 11 is 2.10. The van der Waals surface area contributed by atoms with Gasteiger partial charge in [-0.2, -0.15) is 11.8 Å². The first-order chi connectivity index (χ1) is 7.40. The number of imidazole rings is 1. The Balaban J connectivity index is 1.81. The molecule has 84 valence electrons. The molecule has 1 aliphatic heterocycles. The Bertz CT molecular complexity index is 292. The molecule has 1 unspecified atom stereocenters. The second-order valence-electron chi connectivity index (χ2n) is 3.91. The Kier molecular flexibility index (Phi) is 3.94. The Hall–Kier alpha value is -0.640. The van der Waals surface area contributed by atoms with E-state index in [4.69, 9.17) is 0 Å². The van der Waals surface area contributed by atoms with Gasteiger partial charge < -0.3 is 9.88 Å². The van der Waals surface area contributed by atoms with Crippen molar-refractivity contribution in [1.82, 2.24) is 9.55 Å². The molecule has 2 rings (SSSR count). The Morgan fingerprint density at radius 2 is 2.53 bits per heavy atom. The molecule has 0 saturated carbocycles. The highest BCUT2D eigenvalue weighted by Crippen LogP contribution is 2.25. The van der Waals surface area contributed by atoms with E-state index in [0.717, 1.165) is 24.3 Å². The maximum Gasteiger partial charge on any atom is 0.202 e. The molecule has 0 spiro atoms. The third-order valence-electron chi connectivity index (χ3n) is 2.82. The molecule has 1 aliphatic rings. The maximum absolute atomic E-state index is 4.31. The van der Waals surface area contributed by atoms with Crippen molar-refractivity contribution >= 4 is 17.7 Å². The number of rotatable bonds is 4. The molecule has 1 N–H and O–H groups in total. The van der Waals surface area contributed by atoms with Gasteiger partial charge in [-0.25, -0.2) is 4.98 Å². The van der Waals surface area contributed by atoms with Crippen LogP contribution in [0, 0.1) is 0 Å². The van der Waals surface area contributed by atoms with E-state index in [9.17, 15) is 0 Å². The van der Waals surface area contributed by atoms with Crippen LogP contribution in [-0.2, 0) is 6.54 Å². The molecule has 1 aromatic rings. The van der Waals surface area contributed by atoms with E-state index < -0.39 is 0 Å². The van der Waals surface area contributed by atoms with Crippen LogP contribution < -0.4 is 5.32 Å². The number of hydrogen-bond acceptors (Lipinski definition) is 3. The first-order valence-corrected chi connectivity index (χ1v) is 6.81. The first-order valence-electron chi connectivity index (χ1n) is 5.76. The minimum atomic E-state index is 0.778. The summed E-state index contributed by atoms with van der Waals surface area (Å²) in [4.78, 5) is 4.31. The van der Waals surface area contributed by atoms with Gasteiger partial charge in [0.25, 0.3) is 0 Å². The highest BCUT2D eigenvalue weighted by atomic mass is 32.2. The second-order valence-corrected chi connectivity index (χ2v) is 5.31. The number of aryl methyl sites for hydroxylation is 1. The van der Waals surface area contributed by atoms with Crippen LogP contribution >= 0.6 is 11.8 Å². The lowest BCUT2D eigenvalue weighted by Crippen LogP contribution is -2.21. The molecule has 15 heavy (non-hydrogen) atoms. The van der Waals surface area contributed by atoms with E-state index in [1.165, 1.54) is 25.0 Å². The number of aromatic nitrogens is 2. The molecule has 1 aromatic heterocycles. The van der Waals surface area contributed by atoms with Gasteiger partial charge in [0.2, 0.25) is 5.95 Å². The quantitative estimate of drug-likeness (QED) is 0.854. The van der Waals surface area contributed by atoms with Gasteiger partial charge in [0.1, 0.15) is 0 Å². The predicted octanol–water partition coefficient (Wildman–Crippen LogP) is 2.60. The minimum Gasteiger partial charge on any atom is -0.355 e. The van der Waals surface area contributed by atoms with Gasteiger partial charge in [-0.1, -0.05) is 6.42 Å². The Labute approximate surface area is 95.7 Å². The lowest BCUT2D eigenvalue weighted by molar-refractivity contribution is 0.671. The standard InChI is InChI=1S/C11H19N3S/c1-2-14-7-6-12-11(14)13-9-10-5-3-4-8-15-10/h6-7,10H,2-5,8-9H2,1H3,(H,12,13). The molecule has 1 fully saturated rings. The van der Waals surface area contributed by atoms with Crippen molar-refractivity contribution in [2.24, 2.45) is 0 Å². The average molecular weight is 225 g/mol. The summed E-state index contributed by atoms with van der Waals surface area (Å²) in [7, 11) is 0. The lowest BCUT2D eigenvalue weighted by Gasteiger charge is -2.21. The summed E-state index contributed by atoms with van der Waals surface area (Å²) < 4.78 is 2.15. The fourth-order valence-corrected chi connectivity index (χ4v) is 3.14. The Morgan fingerprint density at radius 1 is 1.60 bits per heavy atom. The molecular weight excluding hydrogens is 206 g/mol. The Morgan fingerprint density at radius 3 is 3.27 bits per heavy atom. The molecule has 0 aliphatic carbocycles. The third-order valence-corrected chi connectivity index (χ3v) is 4.22. The van der Waals surface area contributed by atoms with Crippen LogP contribution in [0.1, 0.15) is 26.2 Å². The normalized spacial score (nSPS) is 21.5. The summed E-state index contributed by atoms with van der Waals surface area (Å²) in [5, 5.41) is 4.22. The zero-order valence-corrected chi connectivity index (χ0v) is 10.1. The van der Waals surface area contributed by atoms with Gasteiger partial charge in [-0.05, 0) is 25.5 Å². The molecule has 4 heteroatoms. The minimum absolute atomic E-state index is 0.778. The predicted molar refractivity (Wildman–Crippen MR) is 66.5 cm³/mol. The highest BCUT2D eigenvalue weighted by molar-refractivity contribution is 7.99. The molecule has 0 aromatic carbocycles. The summed E-state index contributed by atoms with van der Waals surface area (Å²) in [5.41, 5.74) is 0. The van der Waals surface area contributed by atoms with Crippen LogP contribution in [-0.4, -0.2) is 27.1 Å². The van der Waals surface area contributed by atoms with E-state index in [0.29, 0.717) is 0 Å². The van der Waals surface area contributed by atoms with Crippen molar-refractivity contribution in [2.75, 3.05) is 17.6 Å². The summed E-state index contributed by atoms with van der Waals surface area (Å²) in [5.74, 6) is 2.35. The number of hydrogen-bond donors (Lipinski definition) is 1. The topological polar surface area (TPSA) is 29.9 Å². The fraction of sp³-hybridized carbons (Fsp3) is 0.727.